The molecule has 1 aliphatic rings. The van der Waals surface area contributed by atoms with Gasteiger partial charge in [0.1, 0.15) is 18.0 Å². The molecule has 35 heavy (non-hydrogen) atoms. The van der Waals surface area contributed by atoms with E-state index in [9.17, 15) is 14.3 Å². The molecule has 11 heteroatoms. The summed E-state index contributed by atoms with van der Waals surface area (Å²) >= 11 is 3.26. The second-order valence-corrected chi connectivity index (χ2v) is 9.62. The fourth-order valence-electron chi connectivity index (χ4n) is 4.07. The van der Waals surface area contributed by atoms with Gasteiger partial charge in [-0.15, -0.1) is 0 Å². The van der Waals surface area contributed by atoms with E-state index in [-0.39, 0.29) is 25.5 Å². The average molecular weight is 553 g/mol. The number of rotatable bonds is 15. The summed E-state index contributed by atoms with van der Waals surface area (Å²) in [7, 11) is 1.47. The third-order valence-electron chi connectivity index (χ3n) is 5.87. The van der Waals surface area contributed by atoms with Crippen LogP contribution in [-0.4, -0.2) is 83.0 Å². The van der Waals surface area contributed by atoms with Crippen molar-refractivity contribution in [1.82, 2.24) is 19.9 Å². The predicted molar refractivity (Wildman–Crippen MR) is 137 cm³/mol. The predicted octanol–water partition coefficient (Wildman–Crippen LogP) is 3.56. The molecule has 0 fully saturated rings. The highest BCUT2D eigenvalue weighted by molar-refractivity contribution is 9.10. The molecular weight excluding hydrogens is 519 g/mol. The number of nitrogens with one attached hydrogen (secondary N) is 2. The van der Waals surface area contributed by atoms with Gasteiger partial charge >= 0.3 is 5.97 Å². The van der Waals surface area contributed by atoms with Gasteiger partial charge in [0.25, 0.3) is 0 Å². The quantitative estimate of drug-likeness (QED) is 0.285. The van der Waals surface area contributed by atoms with Crippen molar-refractivity contribution >= 4 is 33.7 Å². The molecule has 1 aliphatic heterocycles. The van der Waals surface area contributed by atoms with Gasteiger partial charge in [-0.2, -0.15) is 0 Å². The maximum atomic E-state index is 14.3. The van der Waals surface area contributed by atoms with Crippen LogP contribution in [-0.2, 0) is 22.4 Å². The highest BCUT2D eigenvalue weighted by Crippen LogP contribution is 2.20. The first kappa shape index (κ1) is 27.2. The van der Waals surface area contributed by atoms with Gasteiger partial charge in [-0.25, -0.2) is 24.1 Å². The van der Waals surface area contributed by atoms with Crippen LogP contribution in [0.1, 0.15) is 36.9 Å². The minimum atomic E-state index is -1.14. The van der Waals surface area contributed by atoms with Crippen molar-refractivity contribution < 1.29 is 19.0 Å². The molecule has 0 amide bonds. The van der Waals surface area contributed by atoms with Crippen LogP contribution in [0.4, 0.5) is 16.2 Å². The number of aryl methyl sites for hydroxylation is 2. The second-order valence-electron chi connectivity index (χ2n) is 8.70. The van der Waals surface area contributed by atoms with Crippen LogP contribution < -0.4 is 10.6 Å². The van der Waals surface area contributed by atoms with Crippen molar-refractivity contribution in [2.24, 2.45) is 0 Å². The van der Waals surface area contributed by atoms with E-state index < -0.39 is 18.2 Å². The van der Waals surface area contributed by atoms with E-state index in [0.29, 0.717) is 17.6 Å². The molecule has 192 valence electrons. The summed E-state index contributed by atoms with van der Waals surface area (Å²) in [6, 6.07) is 3.36. The van der Waals surface area contributed by atoms with E-state index in [1.807, 2.05) is 4.90 Å². The first-order valence-corrected chi connectivity index (χ1v) is 12.8. The monoisotopic (exact) mass is 552 g/mol. The van der Waals surface area contributed by atoms with Crippen LogP contribution in [0.3, 0.4) is 0 Å². The molecule has 0 aliphatic carbocycles. The highest BCUT2D eigenvalue weighted by Gasteiger charge is 2.21. The van der Waals surface area contributed by atoms with Crippen molar-refractivity contribution in [3.63, 3.8) is 0 Å². The number of aliphatic carboxylic acids is 1. The standard InChI is InChI=1S/C24H34BrFN6O3/c1-35-16-19(26)15-32(12-9-21(23(33)34)31-24-28-13-18(25)14-29-24)11-3-2-6-20-8-7-17-5-4-10-27-22(17)30-20/h7-8,13-14,19,21H,2-6,9-12,15-16H2,1H3,(H,27,30)(H,33,34)(H,28,29,31)/t19-,21-/m0/s1. The van der Waals surface area contributed by atoms with Gasteiger partial charge in [0.05, 0.1) is 11.1 Å². The van der Waals surface area contributed by atoms with E-state index >= 15 is 0 Å². The van der Waals surface area contributed by atoms with Crippen molar-refractivity contribution in [1.29, 1.82) is 0 Å². The van der Waals surface area contributed by atoms with Crippen molar-refractivity contribution in [2.45, 2.75) is 50.7 Å². The van der Waals surface area contributed by atoms with E-state index in [0.717, 1.165) is 50.2 Å². The smallest absolute Gasteiger partial charge is 0.326 e. The van der Waals surface area contributed by atoms with Crippen LogP contribution in [0.2, 0.25) is 0 Å². The highest BCUT2D eigenvalue weighted by atomic mass is 79.9. The number of aromatic nitrogens is 3. The number of unbranched alkanes of at least 4 members (excludes halogenated alkanes) is 1. The molecule has 0 unspecified atom stereocenters. The number of carbonyl (C=O) groups is 1. The van der Waals surface area contributed by atoms with Gasteiger partial charge in [0.15, 0.2) is 0 Å². The van der Waals surface area contributed by atoms with Crippen LogP contribution in [0.25, 0.3) is 0 Å². The number of alkyl halides is 1. The molecule has 2 atom stereocenters. The summed E-state index contributed by atoms with van der Waals surface area (Å²) in [5, 5.41) is 15.9. The van der Waals surface area contributed by atoms with Crippen molar-refractivity contribution in [3.05, 3.63) is 40.3 Å². The summed E-state index contributed by atoms with van der Waals surface area (Å²) in [5.41, 5.74) is 2.32. The summed E-state index contributed by atoms with van der Waals surface area (Å²) in [6.07, 6.45) is 7.06. The Labute approximate surface area is 214 Å². The minimum absolute atomic E-state index is 0.00981. The lowest BCUT2D eigenvalue weighted by Crippen LogP contribution is -2.39. The zero-order chi connectivity index (χ0) is 25.0. The molecule has 0 spiro atoms. The largest absolute Gasteiger partial charge is 0.480 e. The molecule has 0 bridgehead atoms. The van der Waals surface area contributed by atoms with E-state index in [1.165, 1.54) is 12.7 Å². The van der Waals surface area contributed by atoms with Gasteiger partial charge in [0.2, 0.25) is 5.95 Å². The number of carboxylic acids is 1. The normalized spacial score (nSPS) is 14.7. The number of hydrogen-bond donors (Lipinski definition) is 3. The molecule has 3 N–H and O–H groups in total. The molecule has 2 aromatic rings. The molecule has 0 radical (unpaired) electrons. The summed E-state index contributed by atoms with van der Waals surface area (Å²) in [4.78, 5) is 26.6. The van der Waals surface area contributed by atoms with Crippen LogP contribution in [0, 0.1) is 0 Å². The lowest BCUT2D eigenvalue weighted by molar-refractivity contribution is -0.138. The van der Waals surface area contributed by atoms with Gasteiger partial charge in [0, 0.05) is 44.8 Å². The number of fused-ring (bicyclic) bond motifs is 1. The van der Waals surface area contributed by atoms with Crippen LogP contribution in [0.15, 0.2) is 29.0 Å². The maximum absolute atomic E-state index is 14.3. The molecule has 2 aromatic heterocycles. The Morgan fingerprint density at radius 2 is 2.11 bits per heavy atom. The molecule has 3 heterocycles. The summed E-state index contributed by atoms with van der Waals surface area (Å²) in [5.74, 6) is 0.233. The van der Waals surface area contributed by atoms with Gasteiger partial charge in [-0.1, -0.05) is 6.07 Å². The summed E-state index contributed by atoms with van der Waals surface area (Å²) < 4.78 is 20.0. The summed E-state index contributed by atoms with van der Waals surface area (Å²) in [6.45, 7) is 2.25. The Hall–Kier alpha value is -2.37. The Balaban J connectivity index is 1.50. The van der Waals surface area contributed by atoms with Crippen LogP contribution >= 0.6 is 15.9 Å². The van der Waals surface area contributed by atoms with Crippen LogP contribution in [0.5, 0.6) is 0 Å². The average Bonchev–Trinajstić information content (AvgIpc) is 2.85. The zero-order valence-corrected chi connectivity index (χ0v) is 21.6. The number of halogens is 2. The van der Waals surface area contributed by atoms with Gasteiger partial charge in [-0.05, 0) is 72.6 Å². The van der Waals surface area contributed by atoms with E-state index in [4.69, 9.17) is 9.72 Å². The minimum Gasteiger partial charge on any atom is -0.480 e. The molecule has 0 saturated carbocycles. The Morgan fingerprint density at radius 1 is 1.31 bits per heavy atom. The fraction of sp³-hybridized carbons (Fsp3) is 0.583. The van der Waals surface area contributed by atoms with E-state index in [2.05, 4.69) is 48.7 Å². The first-order chi connectivity index (χ1) is 16.9. The number of ether oxygens (including phenoxy) is 1. The molecule has 0 saturated heterocycles. The van der Waals surface area contributed by atoms with Gasteiger partial charge < -0.3 is 25.4 Å². The number of anilines is 2. The van der Waals surface area contributed by atoms with E-state index in [1.54, 1.807) is 12.4 Å². The second kappa shape index (κ2) is 14.3. The Morgan fingerprint density at radius 3 is 2.86 bits per heavy atom. The molecule has 0 aromatic carbocycles. The molecule has 9 nitrogen and oxygen atoms in total. The number of hydrogen-bond acceptors (Lipinski definition) is 8. The molecular formula is C24H34BrFN6O3. The number of carboxylic acid groups (broad SMARTS) is 1. The SMILES string of the molecule is COC[C@@H](F)CN(CCCCc1ccc2c(n1)NCCC2)CC[C@H](Nc1ncc(Br)cn1)C(=O)O. The number of nitrogens with zero attached hydrogens (tertiary/aromatic N) is 4. The number of pyridine rings is 1. The fourth-order valence-corrected chi connectivity index (χ4v) is 4.27. The van der Waals surface area contributed by atoms with Gasteiger partial charge in [-0.3, -0.25) is 0 Å². The zero-order valence-electron chi connectivity index (χ0n) is 20.1. The number of methoxy groups -OCH3 is 1. The Kier molecular flexibility index (Phi) is 11.1. The van der Waals surface area contributed by atoms with Crippen molar-refractivity contribution in [3.8, 4) is 0 Å². The molecule has 3 rings (SSSR count). The maximum Gasteiger partial charge on any atom is 0.326 e. The Bertz CT molecular complexity index is 936. The van der Waals surface area contributed by atoms with Crippen molar-refractivity contribution in [2.75, 3.05) is 50.5 Å². The lowest BCUT2D eigenvalue weighted by atomic mass is 10.1. The third kappa shape index (κ3) is 9.30. The first-order valence-electron chi connectivity index (χ1n) is 12.0. The lowest BCUT2D eigenvalue weighted by Gasteiger charge is -2.25. The topological polar surface area (TPSA) is 113 Å². The third-order valence-corrected chi connectivity index (χ3v) is 6.28.